The Kier molecular flexibility index (Phi) is 37.0. The van der Waals surface area contributed by atoms with Crippen molar-refractivity contribution in [2.45, 2.75) is 246 Å². The van der Waals surface area contributed by atoms with Crippen molar-refractivity contribution in [1.29, 1.82) is 0 Å². The average molecular weight is 723 g/mol. The van der Waals surface area contributed by atoms with Crippen LogP contribution in [0, 0.1) is 11.8 Å². The van der Waals surface area contributed by atoms with Crippen molar-refractivity contribution in [3.05, 3.63) is 0 Å². The third-order valence-electron chi connectivity index (χ3n) is 9.97. The van der Waals surface area contributed by atoms with Crippen LogP contribution in [0.15, 0.2) is 0 Å². The maximum atomic E-state index is 12.7. The molecule has 0 bridgehead atoms. The number of hydrogen-bond donors (Lipinski definition) is 0. The van der Waals surface area contributed by atoms with Gasteiger partial charge in [-0.1, -0.05) is 202 Å². The molecule has 0 unspecified atom stereocenters. The third kappa shape index (κ3) is 39.5. The number of unbranched alkanes of at least 4 members (excludes halogenated alkanes) is 24. The third-order valence-corrected chi connectivity index (χ3v) is 9.97. The van der Waals surface area contributed by atoms with Gasteiger partial charge < -0.3 is 14.2 Å². The van der Waals surface area contributed by atoms with Gasteiger partial charge in [0.15, 0.2) is 6.10 Å². The lowest BCUT2D eigenvalue weighted by molar-refractivity contribution is -0.167. The molecule has 0 aliphatic heterocycles. The molecule has 0 amide bonds. The van der Waals surface area contributed by atoms with Gasteiger partial charge in [0, 0.05) is 19.3 Å². The molecule has 0 N–H and O–H groups in total. The molecule has 0 aromatic carbocycles. The largest absolute Gasteiger partial charge is 0.462 e. The first-order valence-corrected chi connectivity index (χ1v) is 22.2. The zero-order valence-electron chi connectivity index (χ0n) is 34.7. The van der Waals surface area contributed by atoms with Crippen LogP contribution >= 0.6 is 0 Å². The number of carbonyl (C=O) groups excluding carboxylic acids is 3. The SMILES string of the molecule is CCCCCCCC(=O)OC[C@H](COC(=O)CCCCCCCCCCC(C)C)OC(=O)CCCCCCCCCCCCCCCCC(C)C. The summed E-state index contributed by atoms with van der Waals surface area (Å²) in [6, 6.07) is 0. The molecule has 0 radical (unpaired) electrons. The van der Waals surface area contributed by atoms with Crippen molar-refractivity contribution in [3.63, 3.8) is 0 Å². The van der Waals surface area contributed by atoms with E-state index in [4.69, 9.17) is 14.2 Å². The van der Waals surface area contributed by atoms with E-state index in [1.807, 2.05) is 0 Å². The van der Waals surface area contributed by atoms with Gasteiger partial charge in [0.2, 0.25) is 0 Å². The smallest absolute Gasteiger partial charge is 0.306 e. The van der Waals surface area contributed by atoms with E-state index < -0.39 is 6.10 Å². The van der Waals surface area contributed by atoms with Gasteiger partial charge in [0.25, 0.3) is 0 Å². The summed E-state index contributed by atoms with van der Waals surface area (Å²) >= 11 is 0. The van der Waals surface area contributed by atoms with Gasteiger partial charge in [0.05, 0.1) is 0 Å². The summed E-state index contributed by atoms with van der Waals surface area (Å²) in [5.74, 6) is 0.766. The molecular formula is C45H86O6. The second-order valence-electron chi connectivity index (χ2n) is 16.3. The Morgan fingerprint density at radius 1 is 0.373 bits per heavy atom. The van der Waals surface area contributed by atoms with Crippen LogP contribution in [-0.4, -0.2) is 37.2 Å². The van der Waals surface area contributed by atoms with Gasteiger partial charge in [-0.25, -0.2) is 0 Å². The fourth-order valence-corrected chi connectivity index (χ4v) is 6.58. The number of esters is 3. The predicted molar refractivity (Wildman–Crippen MR) is 215 cm³/mol. The molecule has 51 heavy (non-hydrogen) atoms. The second kappa shape index (κ2) is 38.1. The Hall–Kier alpha value is -1.59. The van der Waals surface area contributed by atoms with Crippen LogP contribution in [0.1, 0.15) is 240 Å². The van der Waals surface area contributed by atoms with Crippen molar-refractivity contribution < 1.29 is 28.6 Å². The summed E-state index contributed by atoms with van der Waals surface area (Å²) in [6.45, 7) is 11.2. The molecule has 0 aliphatic rings. The lowest BCUT2D eigenvalue weighted by Gasteiger charge is -2.18. The van der Waals surface area contributed by atoms with Crippen LogP contribution in [0.5, 0.6) is 0 Å². The second-order valence-corrected chi connectivity index (χ2v) is 16.3. The highest BCUT2D eigenvalue weighted by atomic mass is 16.6. The van der Waals surface area contributed by atoms with Gasteiger partial charge in [-0.15, -0.1) is 0 Å². The van der Waals surface area contributed by atoms with Crippen LogP contribution in [0.4, 0.5) is 0 Å². The molecule has 6 nitrogen and oxygen atoms in total. The first-order chi connectivity index (χ1) is 24.7. The molecule has 0 fully saturated rings. The Morgan fingerprint density at radius 2 is 0.647 bits per heavy atom. The van der Waals surface area contributed by atoms with Gasteiger partial charge in [0.1, 0.15) is 13.2 Å². The van der Waals surface area contributed by atoms with E-state index in [9.17, 15) is 14.4 Å². The lowest BCUT2D eigenvalue weighted by atomic mass is 10.0. The quantitative estimate of drug-likeness (QED) is 0.0357. The summed E-state index contributed by atoms with van der Waals surface area (Å²) in [5, 5.41) is 0. The number of carbonyl (C=O) groups is 3. The Morgan fingerprint density at radius 3 is 0.961 bits per heavy atom. The van der Waals surface area contributed by atoms with Crippen molar-refractivity contribution in [2.24, 2.45) is 11.8 Å². The topological polar surface area (TPSA) is 78.9 Å². The first kappa shape index (κ1) is 49.4. The Balaban J connectivity index is 4.17. The molecule has 302 valence electrons. The summed E-state index contributed by atoms with van der Waals surface area (Å²) in [5.41, 5.74) is 0. The number of ether oxygens (including phenoxy) is 3. The predicted octanol–water partition coefficient (Wildman–Crippen LogP) is 13.8. The van der Waals surface area contributed by atoms with E-state index in [0.29, 0.717) is 19.3 Å². The normalized spacial score (nSPS) is 12.1. The van der Waals surface area contributed by atoms with Gasteiger partial charge >= 0.3 is 17.9 Å². The fourth-order valence-electron chi connectivity index (χ4n) is 6.58. The lowest BCUT2D eigenvalue weighted by Crippen LogP contribution is -2.30. The summed E-state index contributed by atoms with van der Waals surface area (Å²) < 4.78 is 16.6. The maximum absolute atomic E-state index is 12.7. The molecule has 0 saturated heterocycles. The molecule has 0 heterocycles. The van der Waals surface area contributed by atoms with Crippen LogP contribution in [0.2, 0.25) is 0 Å². The minimum atomic E-state index is -0.758. The first-order valence-electron chi connectivity index (χ1n) is 22.2. The van der Waals surface area contributed by atoms with Crippen LogP contribution in [0.25, 0.3) is 0 Å². The van der Waals surface area contributed by atoms with E-state index >= 15 is 0 Å². The highest BCUT2D eigenvalue weighted by Crippen LogP contribution is 2.16. The summed E-state index contributed by atoms with van der Waals surface area (Å²) in [4.78, 5) is 37.4. The van der Waals surface area contributed by atoms with E-state index in [1.54, 1.807) is 0 Å². The molecule has 6 heteroatoms. The molecule has 0 spiro atoms. The summed E-state index contributed by atoms with van der Waals surface area (Å²) in [7, 11) is 0. The van der Waals surface area contributed by atoms with Crippen molar-refractivity contribution >= 4 is 17.9 Å². The highest BCUT2D eigenvalue weighted by Gasteiger charge is 2.19. The zero-order chi connectivity index (χ0) is 37.6. The van der Waals surface area contributed by atoms with Crippen molar-refractivity contribution in [2.75, 3.05) is 13.2 Å². The van der Waals surface area contributed by atoms with Crippen molar-refractivity contribution in [3.8, 4) is 0 Å². The van der Waals surface area contributed by atoms with E-state index in [0.717, 1.165) is 76.0 Å². The molecule has 0 saturated carbocycles. The molecule has 0 aromatic heterocycles. The van der Waals surface area contributed by atoms with Gasteiger partial charge in [-0.05, 0) is 31.1 Å². The highest BCUT2D eigenvalue weighted by molar-refractivity contribution is 5.71. The molecule has 1 atom stereocenters. The average Bonchev–Trinajstić information content (AvgIpc) is 3.09. The van der Waals surface area contributed by atoms with Crippen molar-refractivity contribution in [1.82, 2.24) is 0 Å². The number of rotatable bonds is 39. The molecular weight excluding hydrogens is 636 g/mol. The van der Waals surface area contributed by atoms with E-state index in [2.05, 4.69) is 34.6 Å². The van der Waals surface area contributed by atoms with E-state index in [1.165, 1.54) is 122 Å². The standard InChI is InChI=1S/C45H86O6/c1-6-7-8-23-30-35-43(46)49-38-42(39-50-44(47)36-31-26-21-18-17-20-25-29-34-41(4)5)51-45(48)37-32-27-22-16-14-12-10-9-11-13-15-19-24-28-33-40(2)3/h40-42H,6-39H2,1-5H3/t42-/m1/s1. The molecule has 0 rings (SSSR count). The van der Waals surface area contributed by atoms with Gasteiger partial charge in [-0.2, -0.15) is 0 Å². The minimum Gasteiger partial charge on any atom is -0.462 e. The molecule has 0 aromatic rings. The number of hydrogen-bond acceptors (Lipinski definition) is 6. The van der Waals surface area contributed by atoms with Gasteiger partial charge in [-0.3, -0.25) is 14.4 Å². The minimum absolute atomic E-state index is 0.0664. The maximum Gasteiger partial charge on any atom is 0.306 e. The summed E-state index contributed by atoms with van der Waals surface area (Å²) in [6.07, 6.45) is 35.5. The van der Waals surface area contributed by atoms with Crippen LogP contribution in [-0.2, 0) is 28.6 Å². The fraction of sp³-hybridized carbons (Fsp3) is 0.933. The zero-order valence-corrected chi connectivity index (χ0v) is 34.7. The van der Waals surface area contributed by atoms with Crippen LogP contribution in [0.3, 0.4) is 0 Å². The Labute approximate surface area is 317 Å². The molecule has 0 aliphatic carbocycles. The Bertz CT molecular complexity index is 779. The monoisotopic (exact) mass is 723 g/mol. The van der Waals surface area contributed by atoms with E-state index in [-0.39, 0.29) is 31.1 Å². The van der Waals surface area contributed by atoms with Crippen LogP contribution < -0.4 is 0 Å².